The molecule has 6 nitrogen and oxygen atoms in total. The highest BCUT2D eigenvalue weighted by atomic mass is 16.5. The summed E-state index contributed by atoms with van der Waals surface area (Å²) in [4.78, 5) is 33.3. The number of rotatable bonds is 3. The van der Waals surface area contributed by atoms with Crippen molar-refractivity contribution in [2.24, 2.45) is 16.7 Å². The van der Waals surface area contributed by atoms with Gasteiger partial charge in [0.15, 0.2) is 0 Å². The molecule has 31 heavy (non-hydrogen) atoms. The molecular formula is C25H35N3O3. The molecule has 2 amide bonds. The van der Waals surface area contributed by atoms with Crippen molar-refractivity contribution < 1.29 is 14.3 Å². The van der Waals surface area contributed by atoms with Gasteiger partial charge in [0.2, 0.25) is 5.91 Å². The van der Waals surface area contributed by atoms with E-state index in [0.29, 0.717) is 23.1 Å². The van der Waals surface area contributed by atoms with Crippen molar-refractivity contribution in [1.82, 2.24) is 14.7 Å². The van der Waals surface area contributed by atoms with Gasteiger partial charge >= 0.3 is 0 Å². The van der Waals surface area contributed by atoms with Crippen LogP contribution in [0, 0.1) is 16.7 Å². The van der Waals surface area contributed by atoms with Crippen LogP contribution in [-0.2, 0) is 4.79 Å². The van der Waals surface area contributed by atoms with Crippen LogP contribution in [0.15, 0.2) is 24.3 Å². The number of methoxy groups -OCH3 is 1. The number of piperidine rings is 1. The monoisotopic (exact) mass is 425 g/mol. The number of amides is 2. The van der Waals surface area contributed by atoms with Crippen molar-refractivity contribution in [2.75, 3.05) is 53.4 Å². The van der Waals surface area contributed by atoms with Crippen molar-refractivity contribution in [3.8, 4) is 5.75 Å². The number of hydrogen-bond donors (Lipinski definition) is 0. The first-order valence-corrected chi connectivity index (χ1v) is 11.9. The zero-order chi connectivity index (χ0) is 21.6. The van der Waals surface area contributed by atoms with E-state index in [0.717, 1.165) is 77.8 Å². The zero-order valence-electron chi connectivity index (χ0n) is 18.9. The van der Waals surface area contributed by atoms with Crippen molar-refractivity contribution >= 4 is 11.8 Å². The summed E-state index contributed by atoms with van der Waals surface area (Å²) in [5, 5.41) is 0. The van der Waals surface area contributed by atoms with E-state index < -0.39 is 0 Å². The zero-order valence-corrected chi connectivity index (χ0v) is 18.9. The largest absolute Gasteiger partial charge is 0.497 e. The molecule has 6 heteroatoms. The van der Waals surface area contributed by atoms with E-state index in [4.69, 9.17) is 4.74 Å². The maximum atomic E-state index is 13.7. The lowest BCUT2D eigenvalue weighted by Gasteiger charge is -2.45. The van der Waals surface area contributed by atoms with Gasteiger partial charge < -0.3 is 19.4 Å². The molecule has 1 aliphatic carbocycles. The molecule has 3 heterocycles. The van der Waals surface area contributed by atoms with Gasteiger partial charge in [-0.05, 0) is 75.1 Å². The highest BCUT2D eigenvalue weighted by Crippen LogP contribution is 2.62. The second kappa shape index (κ2) is 7.80. The molecule has 3 aliphatic heterocycles. The minimum Gasteiger partial charge on any atom is -0.497 e. The van der Waals surface area contributed by atoms with E-state index in [1.807, 2.05) is 29.2 Å². The molecule has 0 N–H and O–H groups in total. The smallest absolute Gasteiger partial charge is 0.253 e. The summed E-state index contributed by atoms with van der Waals surface area (Å²) < 4.78 is 5.29. The molecule has 1 aromatic carbocycles. The molecule has 0 aromatic heterocycles. The Morgan fingerprint density at radius 1 is 1.00 bits per heavy atom. The second-order valence-electron chi connectivity index (χ2n) is 10.3. The molecule has 4 fully saturated rings. The van der Waals surface area contributed by atoms with Crippen LogP contribution in [0.2, 0.25) is 0 Å². The number of fused-ring (bicyclic) bond motifs is 2. The standard InChI is InChI=1S/C25H35N3O3/c1-26-17-21-24(8-9-25(21,18-26)23(30)28-12-3-4-13-28)10-14-27(15-11-24)22(29)19-6-5-7-20(16-19)31-2/h5-7,16,21H,3-4,8-15,17-18H2,1-2H3/t21-,25+/m0/s1. The topological polar surface area (TPSA) is 53.1 Å². The average molecular weight is 426 g/mol. The van der Waals surface area contributed by atoms with E-state index in [1.165, 1.54) is 0 Å². The number of nitrogens with zero attached hydrogens (tertiary/aromatic N) is 3. The van der Waals surface area contributed by atoms with E-state index in [-0.39, 0.29) is 16.7 Å². The van der Waals surface area contributed by atoms with Gasteiger partial charge in [-0.25, -0.2) is 0 Å². The summed E-state index contributed by atoms with van der Waals surface area (Å²) >= 11 is 0. The van der Waals surface area contributed by atoms with Crippen LogP contribution in [0.3, 0.4) is 0 Å². The van der Waals surface area contributed by atoms with Gasteiger partial charge in [-0.3, -0.25) is 9.59 Å². The average Bonchev–Trinajstić information content (AvgIpc) is 3.51. The Balaban J connectivity index is 1.32. The Kier molecular flexibility index (Phi) is 5.24. The van der Waals surface area contributed by atoms with Gasteiger partial charge in [0.25, 0.3) is 5.91 Å². The van der Waals surface area contributed by atoms with Gasteiger partial charge in [0.05, 0.1) is 12.5 Å². The third-order valence-corrected chi connectivity index (χ3v) is 8.70. The van der Waals surface area contributed by atoms with E-state index >= 15 is 0 Å². The van der Waals surface area contributed by atoms with Gasteiger partial charge in [-0.1, -0.05) is 6.07 Å². The Hall–Kier alpha value is -2.08. The normalized spacial score (nSPS) is 30.1. The molecule has 1 spiro atoms. The van der Waals surface area contributed by atoms with Crippen LogP contribution in [0.5, 0.6) is 5.75 Å². The third kappa shape index (κ3) is 3.34. The lowest BCUT2D eigenvalue weighted by atomic mass is 9.65. The highest BCUT2D eigenvalue weighted by molar-refractivity contribution is 5.94. The first-order valence-electron chi connectivity index (χ1n) is 11.9. The van der Waals surface area contributed by atoms with Crippen molar-refractivity contribution in [1.29, 1.82) is 0 Å². The summed E-state index contributed by atoms with van der Waals surface area (Å²) in [6.45, 7) is 5.36. The number of likely N-dealkylation sites (tertiary alicyclic amines) is 3. The fourth-order valence-corrected chi connectivity index (χ4v) is 7.07. The molecule has 0 unspecified atom stereocenters. The van der Waals surface area contributed by atoms with Crippen LogP contribution < -0.4 is 4.74 Å². The number of benzene rings is 1. The number of hydrogen-bond acceptors (Lipinski definition) is 4. The fraction of sp³-hybridized carbons (Fsp3) is 0.680. The number of carbonyl (C=O) groups excluding carboxylic acids is 2. The Morgan fingerprint density at radius 3 is 2.45 bits per heavy atom. The van der Waals surface area contributed by atoms with Crippen molar-refractivity contribution in [2.45, 2.75) is 38.5 Å². The lowest BCUT2D eigenvalue weighted by Crippen LogP contribution is -2.50. The molecule has 1 aromatic rings. The molecule has 0 bridgehead atoms. The van der Waals surface area contributed by atoms with Crippen LogP contribution >= 0.6 is 0 Å². The Morgan fingerprint density at radius 2 is 1.74 bits per heavy atom. The van der Waals surface area contributed by atoms with Gasteiger partial charge in [0, 0.05) is 44.8 Å². The van der Waals surface area contributed by atoms with E-state index in [1.54, 1.807) is 7.11 Å². The first-order chi connectivity index (χ1) is 15.0. The van der Waals surface area contributed by atoms with Gasteiger partial charge in [-0.15, -0.1) is 0 Å². The minimum absolute atomic E-state index is 0.0923. The predicted octanol–water partition coefficient (Wildman–Crippen LogP) is 2.88. The van der Waals surface area contributed by atoms with Crippen molar-refractivity contribution in [3.05, 3.63) is 29.8 Å². The summed E-state index contributed by atoms with van der Waals surface area (Å²) in [5.74, 6) is 1.65. The quantitative estimate of drug-likeness (QED) is 0.747. The van der Waals surface area contributed by atoms with Crippen molar-refractivity contribution in [3.63, 3.8) is 0 Å². The molecule has 4 aliphatic rings. The van der Waals surface area contributed by atoms with Crippen LogP contribution in [-0.4, -0.2) is 79.9 Å². The Bertz CT molecular complexity index is 857. The van der Waals surface area contributed by atoms with Gasteiger partial charge in [-0.2, -0.15) is 0 Å². The third-order valence-electron chi connectivity index (χ3n) is 8.70. The molecular weight excluding hydrogens is 390 g/mol. The fourth-order valence-electron chi connectivity index (χ4n) is 7.07. The van der Waals surface area contributed by atoms with Crippen LogP contribution in [0.25, 0.3) is 0 Å². The molecule has 2 atom stereocenters. The molecule has 1 saturated carbocycles. The summed E-state index contributed by atoms with van der Waals surface area (Å²) in [6.07, 6.45) is 6.46. The number of ether oxygens (including phenoxy) is 1. The molecule has 5 rings (SSSR count). The second-order valence-corrected chi connectivity index (χ2v) is 10.3. The molecule has 168 valence electrons. The van der Waals surface area contributed by atoms with E-state index in [2.05, 4.69) is 16.8 Å². The minimum atomic E-state index is -0.196. The SMILES string of the molecule is COc1cccc(C(=O)N2CCC3(CC2)CC[C@@]2(C(=O)N4CCCC4)CN(C)C[C@@H]32)c1. The first kappa shape index (κ1) is 20.8. The van der Waals surface area contributed by atoms with Crippen LogP contribution in [0.4, 0.5) is 0 Å². The predicted molar refractivity (Wildman–Crippen MR) is 119 cm³/mol. The maximum absolute atomic E-state index is 13.7. The summed E-state index contributed by atoms with van der Waals surface area (Å²) in [5.41, 5.74) is 0.699. The number of carbonyl (C=O) groups is 2. The summed E-state index contributed by atoms with van der Waals surface area (Å²) in [6, 6.07) is 7.44. The summed E-state index contributed by atoms with van der Waals surface area (Å²) in [7, 11) is 3.80. The maximum Gasteiger partial charge on any atom is 0.253 e. The van der Waals surface area contributed by atoms with E-state index in [9.17, 15) is 9.59 Å². The highest BCUT2D eigenvalue weighted by Gasteiger charge is 2.64. The Labute approximate surface area is 185 Å². The lowest BCUT2D eigenvalue weighted by molar-refractivity contribution is -0.142. The molecule has 3 saturated heterocycles. The van der Waals surface area contributed by atoms with Crippen LogP contribution in [0.1, 0.15) is 48.9 Å². The molecule has 0 radical (unpaired) electrons. The van der Waals surface area contributed by atoms with Gasteiger partial charge in [0.1, 0.15) is 5.75 Å².